The van der Waals surface area contributed by atoms with Gasteiger partial charge >= 0.3 is 0 Å². The molecule has 3 N–H and O–H groups in total. The number of benzene rings is 2. The van der Waals surface area contributed by atoms with Crippen LogP contribution in [0.1, 0.15) is 17.2 Å². The van der Waals surface area contributed by atoms with E-state index in [-0.39, 0.29) is 11.9 Å². The van der Waals surface area contributed by atoms with Crippen LogP contribution in [0.5, 0.6) is 0 Å². The SMILES string of the molecule is NNC(Cc1ccc(Br)cc1F)c1cc(Cl)cc(Cl)c1. The third-order valence-electron chi connectivity index (χ3n) is 2.93. The molecule has 0 radical (unpaired) electrons. The molecule has 2 aromatic carbocycles. The lowest BCUT2D eigenvalue weighted by molar-refractivity contribution is 0.529. The van der Waals surface area contributed by atoms with E-state index in [1.165, 1.54) is 6.07 Å². The van der Waals surface area contributed by atoms with Crippen LogP contribution < -0.4 is 11.3 Å². The summed E-state index contributed by atoms with van der Waals surface area (Å²) in [7, 11) is 0. The van der Waals surface area contributed by atoms with Crippen LogP contribution in [0.2, 0.25) is 10.0 Å². The molecule has 2 rings (SSSR count). The van der Waals surface area contributed by atoms with Gasteiger partial charge in [0.25, 0.3) is 0 Å². The molecule has 6 heteroatoms. The molecule has 0 aromatic heterocycles. The van der Waals surface area contributed by atoms with E-state index in [1.807, 2.05) is 0 Å². The van der Waals surface area contributed by atoms with E-state index in [2.05, 4.69) is 21.4 Å². The fraction of sp³-hybridized carbons (Fsp3) is 0.143. The van der Waals surface area contributed by atoms with E-state index in [4.69, 9.17) is 29.0 Å². The highest BCUT2D eigenvalue weighted by Crippen LogP contribution is 2.26. The highest BCUT2D eigenvalue weighted by atomic mass is 79.9. The standard InChI is InChI=1S/C14H12BrCl2FN2/c15-10-2-1-8(13(18)6-10)5-14(20-19)9-3-11(16)7-12(17)4-9/h1-4,6-7,14,20H,5,19H2. The molecule has 0 aliphatic carbocycles. The Balaban J connectivity index is 2.28. The van der Waals surface area contributed by atoms with E-state index >= 15 is 0 Å². The van der Waals surface area contributed by atoms with Gasteiger partial charge in [0.2, 0.25) is 0 Å². The second-order valence-corrected chi connectivity index (χ2v) is 6.15. The average Bonchev–Trinajstić information content (AvgIpc) is 2.36. The fourth-order valence-corrected chi connectivity index (χ4v) is 2.83. The largest absolute Gasteiger partial charge is 0.271 e. The van der Waals surface area contributed by atoms with Crippen molar-refractivity contribution in [3.05, 3.63) is 67.9 Å². The van der Waals surface area contributed by atoms with Crippen molar-refractivity contribution in [3.63, 3.8) is 0 Å². The van der Waals surface area contributed by atoms with E-state index in [9.17, 15) is 4.39 Å². The Hall–Kier alpha value is -0.650. The van der Waals surface area contributed by atoms with Gasteiger partial charge in [-0.2, -0.15) is 0 Å². The van der Waals surface area contributed by atoms with Crippen LogP contribution in [-0.2, 0) is 6.42 Å². The maximum Gasteiger partial charge on any atom is 0.127 e. The van der Waals surface area contributed by atoms with E-state index in [0.717, 1.165) is 5.56 Å². The van der Waals surface area contributed by atoms with Gasteiger partial charge in [-0.3, -0.25) is 11.3 Å². The molecular formula is C14H12BrCl2FN2. The highest BCUT2D eigenvalue weighted by molar-refractivity contribution is 9.10. The number of halogens is 4. The lowest BCUT2D eigenvalue weighted by atomic mass is 9.99. The smallest absolute Gasteiger partial charge is 0.127 e. The van der Waals surface area contributed by atoms with Crippen molar-refractivity contribution in [3.8, 4) is 0 Å². The number of hydrazine groups is 1. The first-order valence-electron chi connectivity index (χ1n) is 5.85. The lowest BCUT2D eigenvalue weighted by Crippen LogP contribution is -2.29. The molecule has 20 heavy (non-hydrogen) atoms. The van der Waals surface area contributed by atoms with Gasteiger partial charge in [-0.15, -0.1) is 0 Å². The maximum absolute atomic E-state index is 13.9. The van der Waals surface area contributed by atoms with Crippen molar-refractivity contribution in [2.45, 2.75) is 12.5 Å². The summed E-state index contributed by atoms with van der Waals surface area (Å²) in [6.45, 7) is 0. The highest BCUT2D eigenvalue weighted by Gasteiger charge is 2.14. The summed E-state index contributed by atoms with van der Waals surface area (Å²) < 4.78 is 14.6. The summed E-state index contributed by atoms with van der Waals surface area (Å²) >= 11 is 15.2. The molecule has 0 heterocycles. The summed E-state index contributed by atoms with van der Waals surface area (Å²) in [5.41, 5.74) is 4.04. The lowest BCUT2D eigenvalue weighted by Gasteiger charge is -2.17. The molecule has 1 atom stereocenters. The van der Waals surface area contributed by atoms with Crippen LogP contribution in [0, 0.1) is 5.82 Å². The Morgan fingerprint density at radius 2 is 1.80 bits per heavy atom. The Morgan fingerprint density at radius 1 is 1.15 bits per heavy atom. The Kier molecular flexibility index (Phi) is 5.41. The first kappa shape index (κ1) is 15.7. The molecule has 106 valence electrons. The van der Waals surface area contributed by atoms with Crippen LogP contribution in [0.4, 0.5) is 4.39 Å². The van der Waals surface area contributed by atoms with Gasteiger partial charge in [0, 0.05) is 14.5 Å². The number of hydrogen-bond donors (Lipinski definition) is 2. The first-order chi connectivity index (χ1) is 9.49. The second-order valence-electron chi connectivity index (χ2n) is 4.36. The number of hydrogen-bond acceptors (Lipinski definition) is 2. The van der Waals surface area contributed by atoms with Gasteiger partial charge in [-0.1, -0.05) is 45.2 Å². The molecule has 0 aliphatic rings. The Labute approximate surface area is 135 Å². The maximum atomic E-state index is 13.9. The Bertz CT molecular complexity index is 602. The molecule has 2 nitrogen and oxygen atoms in total. The van der Waals surface area contributed by atoms with Crippen molar-refractivity contribution in [2.75, 3.05) is 0 Å². The van der Waals surface area contributed by atoms with Crippen molar-refractivity contribution in [1.82, 2.24) is 5.43 Å². The zero-order valence-corrected chi connectivity index (χ0v) is 13.4. The fourth-order valence-electron chi connectivity index (χ4n) is 1.96. The number of nitrogens with one attached hydrogen (secondary N) is 1. The normalized spacial score (nSPS) is 12.4. The van der Waals surface area contributed by atoms with Gasteiger partial charge in [0.1, 0.15) is 5.82 Å². The third kappa shape index (κ3) is 3.93. The van der Waals surface area contributed by atoms with Gasteiger partial charge < -0.3 is 0 Å². The van der Waals surface area contributed by atoms with Crippen molar-refractivity contribution < 1.29 is 4.39 Å². The summed E-state index contributed by atoms with van der Waals surface area (Å²) in [4.78, 5) is 0. The van der Waals surface area contributed by atoms with E-state index < -0.39 is 0 Å². The summed E-state index contributed by atoms with van der Waals surface area (Å²) in [6.07, 6.45) is 0.395. The zero-order valence-electron chi connectivity index (χ0n) is 10.3. The van der Waals surface area contributed by atoms with Crippen molar-refractivity contribution >= 4 is 39.1 Å². The van der Waals surface area contributed by atoms with Gasteiger partial charge in [0.15, 0.2) is 0 Å². The molecule has 0 spiro atoms. The molecule has 0 bridgehead atoms. The molecular weight excluding hydrogens is 366 g/mol. The minimum Gasteiger partial charge on any atom is -0.271 e. The van der Waals surface area contributed by atoms with Gasteiger partial charge in [0.05, 0.1) is 6.04 Å². The van der Waals surface area contributed by atoms with E-state index in [0.29, 0.717) is 26.5 Å². The topological polar surface area (TPSA) is 38.0 Å². The average molecular weight is 378 g/mol. The predicted molar refractivity (Wildman–Crippen MR) is 84.3 cm³/mol. The van der Waals surface area contributed by atoms with E-state index in [1.54, 1.807) is 30.3 Å². The molecule has 2 aromatic rings. The van der Waals surface area contributed by atoms with Crippen LogP contribution in [0.15, 0.2) is 40.9 Å². The zero-order chi connectivity index (χ0) is 14.7. The van der Waals surface area contributed by atoms with Gasteiger partial charge in [-0.05, 0) is 47.9 Å². The molecule has 1 unspecified atom stereocenters. The monoisotopic (exact) mass is 376 g/mol. The van der Waals surface area contributed by atoms with Crippen LogP contribution in [-0.4, -0.2) is 0 Å². The number of nitrogens with two attached hydrogens (primary N) is 1. The van der Waals surface area contributed by atoms with Crippen molar-refractivity contribution in [1.29, 1.82) is 0 Å². The molecule has 0 fully saturated rings. The van der Waals surface area contributed by atoms with Crippen LogP contribution in [0.3, 0.4) is 0 Å². The van der Waals surface area contributed by atoms with Crippen LogP contribution >= 0.6 is 39.1 Å². The summed E-state index contributed by atoms with van der Waals surface area (Å²) in [5.74, 6) is 5.28. The number of rotatable bonds is 4. The molecule has 0 saturated heterocycles. The van der Waals surface area contributed by atoms with Crippen molar-refractivity contribution in [2.24, 2.45) is 5.84 Å². The molecule has 0 amide bonds. The predicted octanol–water partition coefficient (Wildman–Crippen LogP) is 4.64. The molecule has 0 aliphatic heterocycles. The molecule has 0 saturated carbocycles. The first-order valence-corrected chi connectivity index (χ1v) is 7.40. The summed E-state index contributed by atoms with van der Waals surface area (Å²) in [5, 5.41) is 1.04. The third-order valence-corrected chi connectivity index (χ3v) is 3.86. The Morgan fingerprint density at radius 3 is 2.35 bits per heavy atom. The second kappa shape index (κ2) is 6.87. The van der Waals surface area contributed by atoms with Gasteiger partial charge in [-0.25, -0.2) is 4.39 Å². The van der Waals surface area contributed by atoms with Crippen LogP contribution in [0.25, 0.3) is 0 Å². The summed E-state index contributed by atoms with van der Waals surface area (Å²) in [6, 6.07) is 9.81. The quantitative estimate of drug-likeness (QED) is 0.601. The minimum absolute atomic E-state index is 0.276. The minimum atomic E-state index is -0.284.